The molecule has 0 spiro atoms. The monoisotopic (exact) mass is 546 g/mol. The molecule has 1 unspecified atom stereocenters. The highest BCUT2D eigenvalue weighted by molar-refractivity contribution is 9.10. The van der Waals surface area contributed by atoms with Gasteiger partial charge >= 0.3 is 5.97 Å². The van der Waals surface area contributed by atoms with Gasteiger partial charge < -0.3 is 23.4 Å². The Bertz CT molecular complexity index is 1320. The molecule has 5 rings (SSSR count). The number of hydrogen-bond acceptors (Lipinski definition) is 7. The Kier molecular flexibility index (Phi) is 6.41. The summed E-state index contributed by atoms with van der Waals surface area (Å²) in [6.45, 7) is 2.15. The fraction of sp³-hybridized carbons (Fsp3) is 0.348. The van der Waals surface area contributed by atoms with Crippen LogP contribution in [0, 0.1) is 0 Å². The van der Waals surface area contributed by atoms with Crippen LogP contribution in [0.15, 0.2) is 46.0 Å². The SMILES string of the molecule is CCOC(=O)c1c(C[S+]([O-])Cc2ccco2)n(C2CC2)c2cc(Br)c(O)c(Cn3cncn3)c12. The highest BCUT2D eigenvalue weighted by atomic mass is 79.9. The van der Waals surface area contributed by atoms with Gasteiger partial charge in [-0.2, -0.15) is 5.10 Å². The number of halogens is 1. The van der Waals surface area contributed by atoms with E-state index >= 15 is 0 Å². The van der Waals surface area contributed by atoms with Gasteiger partial charge in [-0.05, 0) is 65.1 Å². The summed E-state index contributed by atoms with van der Waals surface area (Å²) < 4.78 is 28.2. The van der Waals surface area contributed by atoms with Gasteiger partial charge in [0.25, 0.3) is 0 Å². The van der Waals surface area contributed by atoms with E-state index in [0.29, 0.717) is 32.4 Å². The number of aromatic hydroxyl groups is 1. The molecule has 34 heavy (non-hydrogen) atoms. The van der Waals surface area contributed by atoms with E-state index in [0.717, 1.165) is 18.4 Å². The maximum Gasteiger partial charge on any atom is 0.340 e. The predicted molar refractivity (Wildman–Crippen MR) is 129 cm³/mol. The van der Waals surface area contributed by atoms with E-state index in [1.807, 2.05) is 6.07 Å². The zero-order valence-electron chi connectivity index (χ0n) is 18.4. The maximum absolute atomic E-state index is 13.3. The molecule has 1 atom stereocenters. The van der Waals surface area contributed by atoms with Crippen LogP contribution in [0.1, 0.15) is 53.2 Å². The predicted octanol–water partition coefficient (Wildman–Crippen LogP) is 4.30. The number of nitrogens with zero attached hydrogens (tertiary/aromatic N) is 4. The van der Waals surface area contributed by atoms with Crippen molar-refractivity contribution in [1.29, 1.82) is 0 Å². The third-order valence-corrected chi connectivity index (χ3v) is 7.59. The second-order valence-electron chi connectivity index (χ2n) is 8.12. The minimum absolute atomic E-state index is 0.0183. The molecule has 1 aliphatic rings. The molecule has 1 saturated carbocycles. The fourth-order valence-electron chi connectivity index (χ4n) is 4.26. The molecule has 11 heteroatoms. The summed E-state index contributed by atoms with van der Waals surface area (Å²) in [5, 5.41) is 15.7. The van der Waals surface area contributed by atoms with E-state index in [4.69, 9.17) is 9.15 Å². The zero-order chi connectivity index (χ0) is 23.8. The normalized spacial score (nSPS) is 14.6. The van der Waals surface area contributed by atoms with Crippen LogP contribution in [-0.2, 0) is 34.0 Å². The first-order valence-corrected chi connectivity index (χ1v) is 13.2. The lowest BCUT2D eigenvalue weighted by molar-refractivity contribution is 0.0527. The van der Waals surface area contributed by atoms with Crippen molar-refractivity contribution in [2.75, 3.05) is 6.61 Å². The van der Waals surface area contributed by atoms with Crippen LogP contribution in [0.25, 0.3) is 10.9 Å². The second kappa shape index (κ2) is 9.47. The number of carbonyl (C=O) groups excluding carboxylic acids is 1. The molecule has 0 bridgehead atoms. The Balaban J connectivity index is 1.71. The van der Waals surface area contributed by atoms with Crippen LogP contribution in [0.4, 0.5) is 0 Å². The van der Waals surface area contributed by atoms with Gasteiger partial charge in [0.15, 0.2) is 11.5 Å². The Labute approximate surface area is 207 Å². The van der Waals surface area contributed by atoms with Crippen molar-refractivity contribution in [2.24, 2.45) is 0 Å². The smallest absolute Gasteiger partial charge is 0.340 e. The van der Waals surface area contributed by atoms with Crippen molar-refractivity contribution in [3.8, 4) is 5.75 Å². The molecule has 0 amide bonds. The van der Waals surface area contributed by atoms with Gasteiger partial charge in [-0.15, -0.1) is 0 Å². The number of carbonyl (C=O) groups is 1. The summed E-state index contributed by atoms with van der Waals surface area (Å²) in [4.78, 5) is 17.3. The minimum atomic E-state index is -1.33. The standard InChI is InChI=1S/C23H23BrN4O5S/c1-2-32-23(30)21-19(11-34(31)10-15-4-3-7-33-15)28(14-5-6-14)18-8-17(24)22(29)16(20(18)21)9-27-13-25-12-26-27/h3-4,7-8,12-14,29H,2,5-6,9-11H2,1H3. The molecule has 0 saturated heterocycles. The Morgan fingerprint density at radius 2 is 2.24 bits per heavy atom. The van der Waals surface area contributed by atoms with Gasteiger partial charge in [0.2, 0.25) is 0 Å². The van der Waals surface area contributed by atoms with Crippen molar-refractivity contribution in [3.63, 3.8) is 0 Å². The van der Waals surface area contributed by atoms with Crippen molar-refractivity contribution in [3.05, 3.63) is 64.2 Å². The highest BCUT2D eigenvalue weighted by Gasteiger charge is 2.36. The Morgan fingerprint density at radius 1 is 1.41 bits per heavy atom. The first kappa shape index (κ1) is 23.0. The van der Waals surface area contributed by atoms with Gasteiger partial charge in [-0.3, -0.25) is 0 Å². The van der Waals surface area contributed by atoms with Crippen LogP contribution in [-0.4, -0.2) is 41.6 Å². The molecular formula is C23H23BrN4O5S. The number of esters is 1. The van der Waals surface area contributed by atoms with Crippen molar-refractivity contribution < 1.29 is 23.6 Å². The number of rotatable bonds is 9. The lowest BCUT2D eigenvalue weighted by Gasteiger charge is -2.14. The van der Waals surface area contributed by atoms with Crippen LogP contribution in [0.2, 0.25) is 0 Å². The first-order valence-electron chi connectivity index (χ1n) is 10.9. The molecule has 0 aliphatic heterocycles. The van der Waals surface area contributed by atoms with Gasteiger partial charge in [-0.25, -0.2) is 14.5 Å². The van der Waals surface area contributed by atoms with E-state index in [-0.39, 0.29) is 36.4 Å². The average Bonchev–Trinajstić information content (AvgIpc) is 3.17. The van der Waals surface area contributed by atoms with E-state index in [1.54, 1.807) is 36.3 Å². The number of aromatic nitrogens is 4. The molecule has 1 aromatic carbocycles. The summed E-state index contributed by atoms with van der Waals surface area (Å²) >= 11 is 2.14. The van der Waals surface area contributed by atoms with E-state index in [9.17, 15) is 14.5 Å². The molecular weight excluding hydrogens is 524 g/mol. The summed E-state index contributed by atoms with van der Waals surface area (Å²) in [6.07, 6.45) is 6.43. The average molecular weight is 547 g/mol. The number of phenols is 1. The Hall–Kier alpha value is -2.76. The van der Waals surface area contributed by atoms with Crippen LogP contribution in [0.3, 0.4) is 0 Å². The molecule has 1 N–H and O–H groups in total. The van der Waals surface area contributed by atoms with Crippen molar-refractivity contribution in [1.82, 2.24) is 19.3 Å². The molecule has 1 aliphatic carbocycles. The summed E-state index contributed by atoms with van der Waals surface area (Å²) in [7, 11) is 0. The number of benzene rings is 1. The highest BCUT2D eigenvalue weighted by Crippen LogP contribution is 2.46. The molecule has 9 nitrogen and oxygen atoms in total. The lowest BCUT2D eigenvalue weighted by atomic mass is 10.0. The topological polar surface area (TPSA) is 118 Å². The van der Waals surface area contributed by atoms with Crippen molar-refractivity contribution >= 4 is 44.0 Å². The third kappa shape index (κ3) is 4.35. The van der Waals surface area contributed by atoms with Gasteiger partial charge in [0.1, 0.15) is 24.2 Å². The zero-order valence-corrected chi connectivity index (χ0v) is 20.8. The van der Waals surface area contributed by atoms with E-state index < -0.39 is 17.1 Å². The number of hydrogen-bond donors (Lipinski definition) is 1. The number of furan rings is 1. The van der Waals surface area contributed by atoms with Crippen LogP contribution >= 0.6 is 15.9 Å². The summed E-state index contributed by atoms with van der Waals surface area (Å²) in [6, 6.07) is 5.55. The third-order valence-electron chi connectivity index (χ3n) is 5.78. The number of fused-ring (bicyclic) bond motifs is 1. The maximum atomic E-state index is 13.3. The second-order valence-corrected chi connectivity index (χ2v) is 10.4. The lowest BCUT2D eigenvalue weighted by Crippen LogP contribution is -2.15. The summed E-state index contributed by atoms with van der Waals surface area (Å²) in [5.74, 6) is 0.532. The van der Waals surface area contributed by atoms with Gasteiger partial charge in [0, 0.05) is 17.0 Å². The van der Waals surface area contributed by atoms with Crippen molar-refractivity contribution in [2.45, 2.75) is 43.9 Å². The summed E-state index contributed by atoms with van der Waals surface area (Å²) in [5.41, 5.74) is 2.30. The molecule has 1 fully saturated rings. The van der Waals surface area contributed by atoms with Crippen LogP contribution in [0.5, 0.6) is 5.75 Å². The van der Waals surface area contributed by atoms with E-state index in [2.05, 4.69) is 30.6 Å². The fourth-order valence-corrected chi connectivity index (χ4v) is 5.89. The molecule has 3 aromatic heterocycles. The minimum Gasteiger partial charge on any atom is -0.616 e. The number of ether oxygens (including phenoxy) is 1. The first-order chi connectivity index (χ1) is 16.5. The number of phenolic OH excluding ortho intramolecular Hbond substituents is 1. The van der Waals surface area contributed by atoms with Gasteiger partial charge in [-0.1, -0.05) is 0 Å². The Morgan fingerprint density at radius 3 is 2.88 bits per heavy atom. The molecule has 4 aromatic rings. The largest absolute Gasteiger partial charge is 0.616 e. The molecule has 178 valence electrons. The molecule has 0 radical (unpaired) electrons. The van der Waals surface area contributed by atoms with Gasteiger partial charge in [0.05, 0.1) is 40.7 Å². The van der Waals surface area contributed by atoms with Crippen LogP contribution < -0.4 is 0 Å². The quantitative estimate of drug-likeness (QED) is 0.245. The van der Waals surface area contributed by atoms with E-state index in [1.165, 1.54) is 6.33 Å². The molecule has 3 heterocycles.